The molecule has 0 bridgehead atoms. The lowest BCUT2D eigenvalue weighted by Gasteiger charge is -2.22. The molecule has 0 aromatic heterocycles. The van der Waals surface area contributed by atoms with Gasteiger partial charge in [-0.25, -0.2) is 13.9 Å². The van der Waals surface area contributed by atoms with Crippen LogP contribution in [0.4, 0.5) is 0 Å². The Bertz CT molecular complexity index is 1620. The number of amides is 2. The molecule has 0 fully saturated rings. The van der Waals surface area contributed by atoms with E-state index in [2.05, 4.69) is 10.2 Å². The summed E-state index contributed by atoms with van der Waals surface area (Å²) in [4.78, 5) is 31.7. The van der Waals surface area contributed by atoms with Gasteiger partial charge in [-0.3, -0.25) is 14.4 Å². The molecule has 0 aliphatic heterocycles. The highest BCUT2D eigenvalue weighted by Gasteiger charge is 2.27. The van der Waals surface area contributed by atoms with Crippen LogP contribution in [0.1, 0.15) is 28.7 Å². The van der Waals surface area contributed by atoms with Gasteiger partial charge in [0.05, 0.1) is 11.5 Å². The van der Waals surface area contributed by atoms with Crippen molar-refractivity contribution in [2.24, 2.45) is 0 Å². The second kappa shape index (κ2) is 15.3. The van der Waals surface area contributed by atoms with Gasteiger partial charge in [-0.15, -0.1) is 0 Å². The fourth-order valence-electron chi connectivity index (χ4n) is 4.34. The molecule has 44 heavy (non-hydrogen) atoms. The van der Waals surface area contributed by atoms with Crippen LogP contribution in [0.5, 0.6) is 11.5 Å². The van der Waals surface area contributed by atoms with Crippen LogP contribution >= 0.6 is 0 Å². The van der Waals surface area contributed by atoms with E-state index in [1.54, 1.807) is 50.5 Å². The highest BCUT2D eigenvalue weighted by atomic mass is 32.2. The third kappa shape index (κ3) is 9.77. The van der Waals surface area contributed by atoms with Crippen LogP contribution in [-0.4, -0.2) is 45.3 Å². The van der Waals surface area contributed by atoms with Gasteiger partial charge in [0.1, 0.15) is 17.5 Å². The summed E-state index contributed by atoms with van der Waals surface area (Å²) in [5, 5.41) is 0. The zero-order valence-corrected chi connectivity index (χ0v) is 25.8. The minimum absolute atomic E-state index is 0.102. The Balaban J connectivity index is 1.28. The molecule has 4 rings (SSSR count). The molecule has 0 unspecified atom stereocenters. The number of likely N-dealkylation sites (N-methyl/N-ethyl adjacent to an activating group) is 1. The molecule has 9 nitrogen and oxygen atoms in total. The average molecular weight is 616 g/mol. The van der Waals surface area contributed by atoms with E-state index in [1.807, 2.05) is 61.5 Å². The molecular formula is C34H37N3O6S. The summed E-state index contributed by atoms with van der Waals surface area (Å²) in [7, 11) is -0.719. The molecule has 0 saturated heterocycles. The first-order valence-corrected chi connectivity index (χ1v) is 15.7. The zero-order chi connectivity index (χ0) is 31.5. The van der Waals surface area contributed by atoms with Crippen molar-refractivity contribution >= 4 is 21.8 Å². The first kappa shape index (κ1) is 32.4. The molecular weight excluding hydrogens is 578 g/mol. The topological polar surface area (TPSA) is 114 Å². The predicted molar refractivity (Wildman–Crippen MR) is 168 cm³/mol. The molecule has 4 aromatic carbocycles. The monoisotopic (exact) mass is 615 g/mol. The predicted octanol–water partition coefficient (Wildman–Crippen LogP) is 4.95. The average Bonchev–Trinajstić information content (AvgIpc) is 3.01. The Kier molecular flexibility index (Phi) is 11.3. The molecule has 230 valence electrons. The number of carbonyl (C=O) groups is 2. The smallest absolute Gasteiger partial charge is 0.243 e. The van der Waals surface area contributed by atoms with Crippen LogP contribution in [0.2, 0.25) is 0 Å². The minimum Gasteiger partial charge on any atom is -0.457 e. The largest absolute Gasteiger partial charge is 0.457 e. The molecule has 0 heterocycles. The molecule has 0 aliphatic carbocycles. The van der Waals surface area contributed by atoms with Gasteiger partial charge >= 0.3 is 0 Å². The first-order valence-electron chi connectivity index (χ1n) is 14.2. The van der Waals surface area contributed by atoms with E-state index < -0.39 is 16.1 Å². The van der Waals surface area contributed by atoms with Gasteiger partial charge in [-0.05, 0) is 72.9 Å². The summed E-state index contributed by atoms with van der Waals surface area (Å²) in [6, 6.07) is 29.7. The fraction of sp³-hybridized carbons (Fsp3) is 0.235. The van der Waals surface area contributed by atoms with Crippen molar-refractivity contribution in [1.82, 2.24) is 15.1 Å². The number of aryl methyl sites for hydroxylation is 2. The maximum atomic E-state index is 13.0. The van der Waals surface area contributed by atoms with E-state index in [-0.39, 0.29) is 29.6 Å². The van der Waals surface area contributed by atoms with Gasteiger partial charge in [-0.1, -0.05) is 72.3 Å². The lowest BCUT2D eigenvalue weighted by atomic mass is 10.1. The summed E-state index contributed by atoms with van der Waals surface area (Å²) in [5.74, 6) is 0.674. The van der Waals surface area contributed by atoms with Gasteiger partial charge in [0.15, 0.2) is 0 Å². The molecule has 0 saturated carbocycles. The Morgan fingerprint density at radius 3 is 1.95 bits per heavy atom. The normalized spacial score (nSPS) is 11.9. The van der Waals surface area contributed by atoms with Crippen molar-refractivity contribution in [3.63, 3.8) is 0 Å². The molecule has 0 radical (unpaired) electrons. The maximum Gasteiger partial charge on any atom is 0.243 e. The molecule has 4 aromatic rings. The van der Waals surface area contributed by atoms with Crippen molar-refractivity contribution in [2.45, 2.75) is 43.7 Å². The van der Waals surface area contributed by atoms with Gasteiger partial charge in [-0.2, -0.15) is 4.72 Å². The Morgan fingerprint density at radius 2 is 1.36 bits per heavy atom. The minimum atomic E-state index is -3.90. The second-order valence-electron chi connectivity index (χ2n) is 10.6. The number of rotatable bonds is 14. The first-order chi connectivity index (χ1) is 21.1. The highest BCUT2D eigenvalue weighted by molar-refractivity contribution is 7.89. The van der Waals surface area contributed by atoms with E-state index in [1.165, 1.54) is 17.0 Å². The van der Waals surface area contributed by atoms with Crippen molar-refractivity contribution in [1.29, 1.82) is 0 Å². The van der Waals surface area contributed by atoms with Crippen LogP contribution in [0.15, 0.2) is 108 Å². The maximum absolute atomic E-state index is 13.0. The number of carbonyl (C=O) groups excluding carboxylic acids is 2. The Morgan fingerprint density at radius 1 is 0.773 bits per heavy atom. The summed E-state index contributed by atoms with van der Waals surface area (Å²) in [5.41, 5.74) is 6.14. The number of hydrogen-bond donors (Lipinski definition) is 2. The fourth-order valence-corrected chi connectivity index (χ4v) is 5.53. The quantitative estimate of drug-likeness (QED) is 0.194. The Hall–Kier alpha value is -4.51. The van der Waals surface area contributed by atoms with Crippen LogP contribution < -0.4 is 14.9 Å². The van der Waals surface area contributed by atoms with Crippen LogP contribution in [0, 0.1) is 6.92 Å². The number of nitrogens with zero attached hydrogens (tertiary/aromatic N) is 1. The molecule has 1 atom stereocenters. The second-order valence-corrected chi connectivity index (χ2v) is 12.3. The lowest BCUT2D eigenvalue weighted by molar-refractivity contribution is -0.134. The van der Waals surface area contributed by atoms with Crippen LogP contribution in [0.25, 0.3) is 0 Å². The third-order valence-electron chi connectivity index (χ3n) is 6.80. The van der Waals surface area contributed by atoms with E-state index in [4.69, 9.17) is 9.57 Å². The number of ether oxygens (including phenoxy) is 1. The molecule has 10 heteroatoms. The molecule has 0 aliphatic rings. The number of sulfonamides is 1. The van der Waals surface area contributed by atoms with Gasteiger partial charge in [0, 0.05) is 20.5 Å². The molecule has 2 N–H and O–H groups in total. The number of benzene rings is 4. The van der Waals surface area contributed by atoms with Gasteiger partial charge in [0.2, 0.25) is 21.8 Å². The summed E-state index contributed by atoms with van der Waals surface area (Å²) < 4.78 is 34.5. The van der Waals surface area contributed by atoms with E-state index in [0.29, 0.717) is 24.5 Å². The van der Waals surface area contributed by atoms with E-state index in [9.17, 15) is 18.0 Å². The van der Waals surface area contributed by atoms with E-state index in [0.717, 1.165) is 22.3 Å². The molecule has 2 amide bonds. The summed E-state index contributed by atoms with van der Waals surface area (Å²) >= 11 is 0. The third-order valence-corrected chi connectivity index (χ3v) is 8.29. The SMILES string of the molecule is Cc1ccc(S(=O)(=O)N[C@@H](Cc2ccc(Oc3ccc(CCC(=O)NOCc4ccccc4)cc3)cc2)C(=O)N(C)C)cc1. The van der Waals surface area contributed by atoms with Crippen molar-refractivity contribution in [3.8, 4) is 11.5 Å². The number of hydrogen-bond acceptors (Lipinski definition) is 6. The number of nitrogens with one attached hydrogen (secondary N) is 2. The number of hydroxylamine groups is 1. The lowest BCUT2D eigenvalue weighted by Crippen LogP contribution is -2.47. The standard InChI is InChI=1S/C34H37N3O6S/c1-25-9-20-31(21-10-25)44(40,41)36-32(34(39)37(2)3)23-27-13-18-30(19-14-27)43-29-16-11-26(12-17-29)15-22-33(38)35-42-24-28-7-5-4-6-8-28/h4-14,16-21,32,36H,15,22-24H2,1-3H3,(H,35,38)/t32-/m0/s1. The van der Waals surface area contributed by atoms with Gasteiger partial charge < -0.3 is 9.64 Å². The Labute approximate surface area is 258 Å². The highest BCUT2D eigenvalue weighted by Crippen LogP contribution is 2.23. The van der Waals surface area contributed by atoms with E-state index >= 15 is 0 Å². The van der Waals surface area contributed by atoms with Crippen LogP contribution in [-0.2, 0) is 43.9 Å². The van der Waals surface area contributed by atoms with Crippen LogP contribution in [0.3, 0.4) is 0 Å². The van der Waals surface area contributed by atoms with Crippen molar-refractivity contribution in [3.05, 3.63) is 125 Å². The summed E-state index contributed by atoms with van der Waals surface area (Å²) in [6.45, 7) is 2.18. The van der Waals surface area contributed by atoms with Crippen molar-refractivity contribution in [2.75, 3.05) is 14.1 Å². The summed E-state index contributed by atoms with van der Waals surface area (Å²) in [6.07, 6.45) is 1.01. The molecule has 0 spiro atoms. The zero-order valence-electron chi connectivity index (χ0n) is 25.0. The van der Waals surface area contributed by atoms with Gasteiger partial charge in [0.25, 0.3) is 0 Å². The van der Waals surface area contributed by atoms with Crippen molar-refractivity contribution < 1.29 is 27.6 Å².